The van der Waals surface area contributed by atoms with Crippen molar-refractivity contribution in [2.75, 3.05) is 0 Å². The Hall–Kier alpha value is -2.95. The van der Waals surface area contributed by atoms with Crippen LogP contribution in [0, 0.1) is 6.92 Å². The van der Waals surface area contributed by atoms with Crippen LogP contribution >= 0.6 is 0 Å². The van der Waals surface area contributed by atoms with Gasteiger partial charge in [-0.2, -0.15) is 0 Å². The summed E-state index contributed by atoms with van der Waals surface area (Å²) < 4.78 is 23.2. The van der Waals surface area contributed by atoms with Gasteiger partial charge in [-0.1, -0.05) is 72.8 Å². The highest BCUT2D eigenvalue weighted by Crippen LogP contribution is 2.33. The summed E-state index contributed by atoms with van der Waals surface area (Å²) in [7, 11) is -3.72. The molecule has 2 N–H and O–H groups in total. The van der Waals surface area contributed by atoms with E-state index >= 15 is 0 Å². The SMILES string of the molecule is Cc1cc(-c2cccc(S(N)(=O)=O)c2)ccc1-c1cccc2ccccc12. The second kappa shape index (κ2) is 6.65. The topological polar surface area (TPSA) is 60.2 Å². The predicted octanol–water partition coefficient (Wildman–Crippen LogP) is 5.13. The molecule has 0 aliphatic rings. The molecular formula is C23H19NO2S. The number of sulfonamides is 1. The maximum absolute atomic E-state index is 11.6. The second-order valence-electron chi connectivity index (χ2n) is 6.63. The summed E-state index contributed by atoms with van der Waals surface area (Å²) in [6.45, 7) is 2.07. The molecule has 4 heteroatoms. The Labute approximate surface area is 159 Å². The molecule has 0 aromatic heterocycles. The van der Waals surface area contributed by atoms with E-state index in [0.29, 0.717) is 0 Å². The molecule has 0 spiro atoms. The molecule has 4 rings (SSSR count). The van der Waals surface area contributed by atoms with Gasteiger partial charge < -0.3 is 0 Å². The van der Waals surface area contributed by atoms with E-state index in [1.807, 2.05) is 24.3 Å². The van der Waals surface area contributed by atoms with Crippen LogP contribution in [0.4, 0.5) is 0 Å². The van der Waals surface area contributed by atoms with Crippen LogP contribution in [0.5, 0.6) is 0 Å². The fourth-order valence-corrected chi connectivity index (χ4v) is 4.02. The summed E-state index contributed by atoms with van der Waals surface area (Å²) in [6.07, 6.45) is 0. The van der Waals surface area contributed by atoms with Crippen molar-refractivity contribution in [2.45, 2.75) is 11.8 Å². The third kappa shape index (κ3) is 3.37. The van der Waals surface area contributed by atoms with E-state index in [4.69, 9.17) is 5.14 Å². The van der Waals surface area contributed by atoms with Gasteiger partial charge in [-0.15, -0.1) is 0 Å². The van der Waals surface area contributed by atoms with E-state index in [2.05, 4.69) is 49.4 Å². The number of fused-ring (bicyclic) bond motifs is 1. The van der Waals surface area contributed by atoms with Gasteiger partial charge in [0.2, 0.25) is 10.0 Å². The number of primary sulfonamides is 1. The van der Waals surface area contributed by atoms with Crippen molar-refractivity contribution >= 4 is 20.8 Å². The standard InChI is InChI=1S/C23H19NO2S/c1-16-14-19(18-8-4-9-20(15-18)27(24,25)26)12-13-21(16)23-11-5-7-17-6-2-3-10-22(17)23/h2-15H,1H3,(H2,24,25,26). The van der Waals surface area contributed by atoms with Crippen molar-refractivity contribution in [2.24, 2.45) is 5.14 Å². The third-order valence-electron chi connectivity index (χ3n) is 4.80. The van der Waals surface area contributed by atoms with Gasteiger partial charge in [0.15, 0.2) is 0 Å². The zero-order valence-electron chi connectivity index (χ0n) is 14.9. The summed E-state index contributed by atoms with van der Waals surface area (Å²) in [4.78, 5) is 0.121. The van der Waals surface area contributed by atoms with Crippen LogP contribution in [0.3, 0.4) is 0 Å². The predicted molar refractivity (Wildman–Crippen MR) is 111 cm³/mol. The van der Waals surface area contributed by atoms with E-state index in [1.54, 1.807) is 12.1 Å². The lowest BCUT2D eigenvalue weighted by Crippen LogP contribution is -2.11. The number of rotatable bonds is 3. The monoisotopic (exact) mass is 373 g/mol. The molecule has 0 aliphatic heterocycles. The molecule has 4 aromatic rings. The van der Waals surface area contributed by atoms with Gasteiger partial charge in [0.1, 0.15) is 0 Å². The quantitative estimate of drug-likeness (QED) is 0.541. The highest BCUT2D eigenvalue weighted by Gasteiger charge is 2.11. The van der Waals surface area contributed by atoms with Crippen molar-refractivity contribution in [3.8, 4) is 22.3 Å². The van der Waals surface area contributed by atoms with Crippen LogP contribution in [0.15, 0.2) is 89.8 Å². The van der Waals surface area contributed by atoms with Gasteiger partial charge in [-0.3, -0.25) is 0 Å². The minimum atomic E-state index is -3.72. The van der Waals surface area contributed by atoms with Gasteiger partial charge in [-0.05, 0) is 57.6 Å². The minimum Gasteiger partial charge on any atom is -0.225 e. The molecule has 0 bridgehead atoms. The van der Waals surface area contributed by atoms with Crippen LogP contribution in [0.2, 0.25) is 0 Å². The number of aryl methyl sites for hydroxylation is 1. The Balaban J connectivity index is 1.82. The van der Waals surface area contributed by atoms with Crippen LogP contribution in [0.25, 0.3) is 33.0 Å². The zero-order chi connectivity index (χ0) is 19.0. The first kappa shape index (κ1) is 17.5. The molecule has 27 heavy (non-hydrogen) atoms. The number of nitrogens with two attached hydrogens (primary N) is 1. The molecule has 0 fully saturated rings. The molecule has 0 saturated carbocycles. The van der Waals surface area contributed by atoms with Gasteiger partial charge in [0.05, 0.1) is 4.90 Å². The van der Waals surface area contributed by atoms with E-state index in [0.717, 1.165) is 22.3 Å². The first-order chi connectivity index (χ1) is 12.9. The maximum atomic E-state index is 11.6. The fourth-order valence-electron chi connectivity index (χ4n) is 3.46. The molecule has 0 saturated heterocycles. The zero-order valence-corrected chi connectivity index (χ0v) is 15.7. The Morgan fingerprint density at radius 1 is 0.704 bits per heavy atom. The van der Waals surface area contributed by atoms with E-state index in [9.17, 15) is 8.42 Å². The highest BCUT2D eigenvalue weighted by molar-refractivity contribution is 7.89. The molecule has 0 unspecified atom stereocenters. The number of hydrogen-bond donors (Lipinski definition) is 1. The van der Waals surface area contributed by atoms with Gasteiger partial charge in [0.25, 0.3) is 0 Å². The Kier molecular flexibility index (Phi) is 4.30. The highest BCUT2D eigenvalue weighted by atomic mass is 32.2. The first-order valence-corrected chi connectivity index (χ1v) is 10.2. The van der Waals surface area contributed by atoms with Gasteiger partial charge in [-0.25, -0.2) is 13.6 Å². The van der Waals surface area contributed by atoms with Crippen molar-refractivity contribution in [3.05, 3.63) is 90.5 Å². The third-order valence-corrected chi connectivity index (χ3v) is 5.71. The molecule has 134 valence electrons. The molecule has 0 atom stereocenters. The lowest BCUT2D eigenvalue weighted by molar-refractivity contribution is 0.598. The number of hydrogen-bond acceptors (Lipinski definition) is 2. The summed E-state index contributed by atoms with van der Waals surface area (Å²) in [5.41, 5.74) is 5.27. The number of benzene rings is 4. The van der Waals surface area contributed by atoms with Crippen molar-refractivity contribution in [1.82, 2.24) is 0 Å². The van der Waals surface area contributed by atoms with Gasteiger partial charge in [0, 0.05) is 0 Å². The Bertz CT molecular complexity index is 1260. The summed E-state index contributed by atoms with van der Waals surface area (Å²) in [5.74, 6) is 0. The molecule has 0 radical (unpaired) electrons. The van der Waals surface area contributed by atoms with E-state index < -0.39 is 10.0 Å². The lowest BCUT2D eigenvalue weighted by Gasteiger charge is -2.12. The summed E-state index contributed by atoms with van der Waals surface area (Å²) in [6, 6.07) is 27.6. The Morgan fingerprint density at radius 2 is 1.41 bits per heavy atom. The smallest absolute Gasteiger partial charge is 0.225 e. The molecule has 4 aromatic carbocycles. The second-order valence-corrected chi connectivity index (χ2v) is 8.19. The lowest BCUT2D eigenvalue weighted by atomic mass is 9.92. The molecule has 0 aliphatic carbocycles. The van der Waals surface area contributed by atoms with Crippen molar-refractivity contribution in [1.29, 1.82) is 0 Å². The Morgan fingerprint density at radius 3 is 2.19 bits per heavy atom. The molecular weight excluding hydrogens is 354 g/mol. The maximum Gasteiger partial charge on any atom is 0.238 e. The van der Waals surface area contributed by atoms with Crippen molar-refractivity contribution < 1.29 is 8.42 Å². The van der Waals surface area contributed by atoms with Gasteiger partial charge >= 0.3 is 0 Å². The molecule has 0 heterocycles. The average molecular weight is 373 g/mol. The average Bonchev–Trinajstić information content (AvgIpc) is 2.67. The van der Waals surface area contributed by atoms with Crippen LogP contribution in [-0.2, 0) is 10.0 Å². The minimum absolute atomic E-state index is 0.121. The fraction of sp³-hybridized carbons (Fsp3) is 0.0435. The molecule has 0 amide bonds. The van der Waals surface area contributed by atoms with Crippen molar-refractivity contribution in [3.63, 3.8) is 0 Å². The first-order valence-electron chi connectivity index (χ1n) is 8.65. The normalized spacial score (nSPS) is 11.6. The largest absolute Gasteiger partial charge is 0.238 e. The van der Waals surface area contributed by atoms with Crippen LogP contribution in [-0.4, -0.2) is 8.42 Å². The van der Waals surface area contributed by atoms with E-state index in [1.165, 1.54) is 22.4 Å². The molecule has 3 nitrogen and oxygen atoms in total. The van der Waals surface area contributed by atoms with E-state index in [-0.39, 0.29) is 4.90 Å². The van der Waals surface area contributed by atoms with Crippen LogP contribution in [0.1, 0.15) is 5.56 Å². The summed E-state index contributed by atoms with van der Waals surface area (Å²) in [5, 5.41) is 7.68. The summed E-state index contributed by atoms with van der Waals surface area (Å²) >= 11 is 0. The van der Waals surface area contributed by atoms with Crippen LogP contribution < -0.4 is 5.14 Å².